The van der Waals surface area contributed by atoms with Crippen molar-refractivity contribution in [3.05, 3.63) is 59.7 Å². The van der Waals surface area contributed by atoms with Gasteiger partial charge < -0.3 is 14.3 Å². The van der Waals surface area contributed by atoms with Crippen LogP contribution in [-0.4, -0.2) is 24.4 Å². The average molecular weight is 421 g/mol. The normalized spacial score (nSPS) is 15.0. The van der Waals surface area contributed by atoms with Gasteiger partial charge >= 0.3 is 5.97 Å². The Balaban J connectivity index is 1.43. The minimum atomic E-state index is -0.537. The van der Waals surface area contributed by atoms with Gasteiger partial charge in [-0.05, 0) is 60.5 Å². The third kappa shape index (κ3) is 6.85. The van der Waals surface area contributed by atoms with Crippen molar-refractivity contribution in [3.8, 4) is 17.6 Å². The van der Waals surface area contributed by atoms with Crippen LogP contribution in [0, 0.1) is 11.3 Å². The highest BCUT2D eigenvalue weighted by Crippen LogP contribution is 2.20. The molecule has 0 aliphatic carbocycles. The van der Waals surface area contributed by atoms with Gasteiger partial charge in [0.1, 0.15) is 17.6 Å². The molecule has 1 heterocycles. The molecule has 31 heavy (non-hydrogen) atoms. The number of carbonyl (C=O) groups is 1. The zero-order chi connectivity index (χ0) is 21.9. The second-order valence-electron chi connectivity index (χ2n) is 7.52. The van der Waals surface area contributed by atoms with Crippen LogP contribution in [0.2, 0.25) is 0 Å². The summed E-state index contributed by atoms with van der Waals surface area (Å²) in [6, 6.07) is 16.0. The molecule has 3 rings (SSSR count). The first-order chi connectivity index (χ1) is 15.2. The van der Waals surface area contributed by atoms with Gasteiger partial charge in [-0.2, -0.15) is 5.26 Å². The Bertz CT molecular complexity index is 914. The van der Waals surface area contributed by atoms with Gasteiger partial charge in [0, 0.05) is 6.42 Å². The number of nitriles is 1. The second-order valence-corrected chi connectivity index (χ2v) is 7.52. The van der Waals surface area contributed by atoms with Gasteiger partial charge in [0.05, 0.1) is 17.9 Å². The van der Waals surface area contributed by atoms with Gasteiger partial charge in [0.25, 0.3) is 0 Å². The molecule has 2 aromatic carbocycles. The first kappa shape index (κ1) is 22.4. The maximum absolute atomic E-state index is 12.4. The molecule has 0 amide bonds. The van der Waals surface area contributed by atoms with E-state index < -0.39 is 12.1 Å². The molecule has 1 aliphatic rings. The Hall–Kier alpha value is -3.33. The van der Waals surface area contributed by atoms with E-state index in [-0.39, 0.29) is 0 Å². The number of hydrogen-bond donors (Lipinski definition) is 0. The van der Waals surface area contributed by atoms with E-state index in [4.69, 9.17) is 19.6 Å². The minimum absolute atomic E-state index is 0.429. The van der Waals surface area contributed by atoms with Crippen molar-refractivity contribution < 1.29 is 19.1 Å². The predicted molar refractivity (Wildman–Crippen MR) is 118 cm³/mol. The average Bonchev–Trinajstić information content (AvgIpc) is 3.29. The quantitative estimate of drug-likeness (QED) is 0.266. The van der Waals surface area contributed by atoms with Crippen LogP contribution in [0.15, 0.2) is 53.7 Å². The van der Waals surface area contributed by atoms with Crippen molar-refractivity contribution in [2.75, 3.05) is 6.61 Å². The predicted octanol–water partition coefficient (Wildman–Crippen LogP) is 5.66. The van der Waals surface area contributed by atoms with E-state index in [2.05, 4.69) is 12.1 Å². The molecule has 0 fully saturated rings. The molecule has 0 bridgehead atoms. The summed E-state index contributed by atoms with van der Waals surface area (Å²) in [4.78, 5) is 17.4. The van der Waals surface area contributed by atoms with E-state index >= 15 is 0 Å². The molecule has 162 valence electrons. The summed E-state index contributed by atoms with van der Waals surface area (Å²) >= 11 is 0. The fourth-order valence-electron chi connectivity index (χ4n) is 3.26. The maximum atomic E-state index is 12.4. The highest BCUT2D eigenvalue weighted by molar-refractivity contribution is 6.01. The van der Waals surface area contributed by atoms with Gasteiger partial charge in [-0.25, -0.2) is 4.79 Å². The zero-order valence-electron chi connectivity index (χ0n) is 17.9. The molecule has 0 N–H and O–H groups in total. The lowest BCUT2D eigenvalue weighted by molar-refractivity contribution is 0.0734. The van der Waals surface area contributed by atoms with Gasteiger partial charge in [0.15, 0.2) is 0 Å². The number of hydrogen-bond acceptors (Lipinski definition) is 6. The number of esters is 1. The topological polar surface area (TPSA) is 80.9 Å². The molecule has 6 nitrogen and oxygen atoms in total. The summed E-state index contributed by atoms with van der Waals surface area (Å²) in [7, 11) is 0. The molecule has 0 aromatic heterocycles. The Morgan fingerprint density at radius 1 is 1.03 bits per heavy atom. The standard InChI is InChI=1S/C25H28N2O4/c1-2-3-4-5-6-7-16-29-21-12-10-20(11-13-21)25(28)30-22-14-8-19(9-15-22)24-17-23(18-26)31-27-24/h8-15,23H,2-7,16-17H2,1H3. The summed E-state index contributed by atoms with van der Waals surface area (Å²) < 4.78 is 11.2. The summed E-state index contributed by atoms with van der Waals surface area (Å²) in [6.45, 7) is 2.90. The number of nitrogens with zero attached hydrogens (tertiary/aromatic N) is 2. The molecule has 6 heteroatoms. The number of ether oxygens (including phenoxy) is 2. The van der Waals surface area contributed by atoms with E-state index in [1.165, 1.54) is 32.1 Å². The van der Waals surface area contributed by atoms with Crippen molar-refractivity contribution in [1.82, 2.24) is 0 Å². The summed E-state index contributed by atoms with van der Waals surface area (Å²) in [5.74, 6) is 0.763. The molecule has 1 unspecified atom stereocenters. The number of rotatable bonds is 11. The van der Waals surface area contributed by atoms with Crippen molar-refractivity contribution in [3.63, 3.8) is 0 Å². The third-order valence-corrected chi connectivity index (χ3v) is 5.07. The fourth-order valence-corrected chi connectivity index (χ4v) is 3.26. The molecule has 0 spiro atoms. The third-order valence-electron chi connectivity index (χ3n) is 5.07. The van der Waals surface area contributed by atoms with Gasteiger partial charge in [-0.15, -0.1) is 0 Å². The Morgan fingerprint density at radius 2 is 1.71 bits per heavy atom. The lowest BCUT2D eigenvalue weighted by Gasteiger charge is -2.08. The van der Waals surface area contributed by atoms with Crippen LogP contribution in [0.25, 0.3) is 0 Å². The lowest BCUT2D eigenvalue weighted by Crippen LogP contribution is -2.09. The van der Waals surface area contributed by atoms with Crippen LogP contribution in [-0.2, 0) is 4.84 Å². The number of oxime groups is 1. The van der Waals surface area contributed by atoms with Crippen LogP contribution in [0.4, 0.5) is 0 Å². The van der Waals surface area contributed by atoms with Gasteiger partial charge in [0.2, 0.25) is 6.10 Å². The van der Waals surface area contributed by atoms with Crippen molar-refractivity contribution in [2.45, 2.75) is 58.0 Å². The van der Waals surface area contributed by atoms with E-state index in [0.717, 1.165) is 17.7 Å². The number of benzene rings is 2. The van der Waals surface area contributed by atoms with Crippen LogP contribution < -0.4 is 9.47 Å². The molecule has 1 aliphatic heterocycles. The first-order valence-electron chi connectivity index (χ1n) is 10.9. The van der Waals surface area contributed by atoms with E-state index in [9.17, 15) is 4.79 Å². The van der Waals surface area contributed by atoms with Gasteiger partial charge in [-0.1, -0.05) is 44.2 Å². The molecule has 0 saturated heterocycles. The van der Waals surface area contributed by atoms with Gasteiger partial charge in [-0.3, -0.25) is 0 Å². The van der Waals surface area contributed by atoms with Crippen molar-refractivity contribution in [2.24, 2.45) is 5.16 Å². The Labute approximate surface area is 183 Å². The molecular weight excluding hydrogens is 392 g/mol. The lowest BCUT2D eigenvalue weighted by atomic mass is 10.1. The smallest absolute Gasteiger partial charge is 0.343 e. The number of unbranched alkanes of at least 4 members (excludes halogenated alkanes) is 5. The van der Waals surface area contributed by atoms with E-state index in [1.807, 2.05) is 6.07 Å². The molecule has 0 radical (unpaired) electrons. The monoisotopic (exact) mass is 420 g/mol. The minimum Gasteiger partial charge on any atom is -0.494 e. The summed E-state index contributed by atoms with van der Waals surface area (Å²) in [5, 5.41) is 12.8. The highest BCUT2D eigenvalue weighted by Gasteiger charge is 2.21. The molecule has 2 aromatic rings. The van der Waals surface area contributed by atoms with Crippen LogP contribution in [0.1, 0.15) is 67.8 Å². The van der Waals surface area contributed by atoms with Crippen LogP contribution in [0.3, 0.4) is 0 Å². The maximum Gasteiger partial charge on any atom is 0.343 e. The fraction of sp³-hybridized carbons (Fsp3) is 0.400. The van der Waals surface area contributed by atoms with Crippen molar-refractivity contribution in [1.29, 1.82) is 5.26 Å². The second kappa shape index (κ2) is 11.8. The Kier molecular flexibility index (Phi) is 8.48. The number of carbonyl (C=O) groups excluding carboxylic acids is 1. The summed E-state index contributed by atoms with van der Waals surface area (Å²) in [6.07, 6.45) is 7.24. The largest absolute Gasteiger partial charge is 0.494 e. The molecule has 0 saturated carbocycles. The molecular formula is C25H28N2O4. The zero-order valence-corrected chi connectivity index (χ0v) is 17.9. The summed E-state index contributed by atoms with van der Waals surface area (Å²) in [5.41, 5.74) is 2.01. The first-order valence-corrected chi connectivity index (χ1v) is 10.9. The van der Waals surface area contributed by atoms with Crippen LogP contribution >= 0.6 is 0 Å². The van der Waals surface area contributed by atoms with E-state index in [1.54, 1.807) is 48.5 Å². The SMILES string of the molecule is CCCCCCCCOc1ccc(C(=O)Oc2ccc(C3=NOC(C#N)C3)cc2)cc1. The van der Waals surface area contributed by atoms with E-state index in [0.29, 0.717) is 30.1 Å². The van der Waals surface area contributed by atoms with Crippen molar-refractivity contribution >= 4 is 11.7 Å². The molecule has 1 atom stereocenters. The highest BCUT2D eigenvalue weighted by atomic mass is 16.6. The van der Waals surface area contributed by atoms with Crippen LogP contribution in [0.5, 0.6) is 11.5 Å². The Morgan fingerprint density at radius 3 is 2.39 bits per heavy atom.